The fourth-order valence-corrected chi connectivity index (χ4v) is 7.41. The third-order valence-electron chi connectivity index (χ3n) is 8.45. The Morgan fingerprint density at radius 3 is 2.64 bits per heavy atom. The second-order valence-corrected chi connectivity index (χ2v) is 9.43. The first-order chi connectivity index (χ1) is 10.5. The highest BCUT2D eigenvalue weighted by Crippen LogP contribution is 2.65. The fraction of sp³-hybridized carbons (Fsp3) is 0.947. The number of fused-ring (bicyclic) bond motifs is 5. The number of carbonyl (C=O) groups excluding carboxylic acids is 1. The van der Waals surface area contributed by atoms with Crippen molar-refractivity contribution in [3.05, 3.63) is 0 Å². The largest absolute Gasteiger partial charge is 0.305 e. The number of carbonyl (C=O) groups is 1. The average Bonchev–Trinajstić information content (AvgIpc) is 2.82. The van der Waals surface area contributed by atoms with Gasteiger partial charge in [-0.15, -0.1) is 0 Å². The zero-order valence-corrected chi connectivity index (χ0v) is 15.5. The summed E-state index contributed by atoms with van der Waals surface area (Å²) in [6, 6.07) is 0. The molecule has 0 amide bonds. The van der Waals surface area contributed by atoms with Gasteiger partial charge in [0.15, 0.2) is 0 Å². The third kappa shape index (κ3) is 2.03. The molecule has 1 unspecified atom stereocenters. The van der Waals surface area contributed by atoms with Gasteiger partial charge in [0.25, 0.3) is 0 Å². The van der Waals surface area contributed by atoms with Crippen LogP contribution in [-0.4, -0.2) is 11.9 Å². The molecule has 4 aliphatic rings. The molecule has 4 saturated carbocycles. The molecular weight excluding hydrogens is 340 g/mol. The van der Waals surface area contributed by atoms with Gasteiger partial charge in [0, 0.05) is 11.8 Å². The molecule has 0 heterocycles. The maximum Gasteiger partial charge on any atom is 0.139 e. The average molecular weight is 369 g/mol. The Morgan fingerprint density at radius 1 is 1.05 bits per heavy atom. The van der Waals surface area contributed by atoms with Crippen LogP contribution >= 0.6 is 16.3 Å². The van der Waals surface area contributed by atoms with E-state index < -0.39 is 0 Å². The Hall–Kier alpha value is 0.110. The minimum atomic E-state index is 0.0283. The summed E-state index contributed by atoms with van der Waals surface area (Å²) < 4.78 is 5.49. The van der Waals surface area contributed by atoms with Gasteiger partial charge in [-0.3, -0.25) is 4.79 Å². The SMILES string of the molecule is C[C@]12CC[C@H](OBr)CC1CC[C@@H]1[C@@H]2CC[C@]2(C)C(=O)CC[C@@H]12. The number of hydrogen-bond acceptors (Lipinski definition) is 2. The summed E-state index contributed by atoms with van der Waals surface area (Å²) in [7, 11) is 0. The maximum atomic E-state index is 12.4. The van der Waals surface area contributed by atoms with Crippen molar-refractivity contribution in [2.24, 2.45) is 34.5 Å². The first-order valence-corrected chi connectivity index (χ1v) is 9.94. The van der Waals surface area contributed by atoms with Crippen LogP contribution in [0.25, 0.3) is 0 Å². The monoisotopic (exact) mass is 368 g/mol. The van der Waals surface area contributed by atoms with Gasteiger partial charge in [0.1, 0.15) is 5.78 Å². The molecule has 0 aliphatic heterocycles. The molecule has 0 saturated heterocycles. The van der Waals surface area contributed by atoms with E-state index in [4.69, 9.17) is 3.83 Å². The fourth-order valence-electron chi connectivity index (χ4n) is 7.07. The van der Waals surface area contributed by atoms with Gasteiger partial charge in [0.05, 0.1) is 22.4 Å². The molecule has 0 N–H and O–H groups in total. The van der Waals surface area contributed by atoms with E-state index in [1.54, 1.807) is 0 Å². The van der Waals surface area contributed by atoms with E-state index in [1.807, 2.05) is 0 Å². The van der Waals surface area contributed by atoms with Gasteiger partial charge in [-0.05, 0) is 80.5 Å². The van der Waals surface area contributed by atoms with Crippen LogP contribution < -0.4 is 0 Å². The van der Waals surface area contributed by atoms with Gasteiger partial charge in [-0.2, -0.15) is 0 Å². The first-order valence-electron chi connectivity index (χ1n) is 9.30. The zero-order chi connectivity index (χ0) is 15.5. The highest BCUT2D eigenvalue weighted by atomic mass is 79.9. The van der Waals surface area contributed by atoms with E-state index in [0.29, 0.717) is 23.2 Å². The van der Waals surface area contributed by atoms with Gasteiger partial charge in [0.2, 0.25) is 0 Å². The molecule has 0 aromatic carbocycles. The van der Waals surface area contributed by atoms with Crippen LogP contribution in [0.2, 0.25) is 0 Å². The van der Waals surface area contributed by atoms with Gasteiger partial charge in [-0.25, -0.2) is 0 Å². The summed E-state index contributed by atoms with van der Waals surface area (Å²) in [5, 5.41) is 0. The van der Waals surface area contributed by atoms with E-state index in [0.717, 1.165) is 30.6 Å². The molecule has 0 aromatic heterocycles. The molecule has 0 radical (unpaired) electrons. The lowest BCUT2D eigenvalue weighted by Crippen LogP contribution is -2.54. The highest BCUT2D eigenvalue weighted by molar-refractivity contribution is 9.06. The smallest absolute Gasteiger partial charge is 0.139 e. The van der Waals surface area contributed by atoms with Gasteiger partial charge >= 0.3 is 0 Å². The predicted molar refractivity (Wildman–Crippen MR) is 90.5 cm³/mol. The standard InChI is InChI=1S/C19H29BrO2/c1-18-9-7-13(22-20)11-12(18)3-4-14-15-5-6-17(21)19(15,2)10-8-16(14)18/h12-16H,3-11H2,1-2H3/t12?,13-,14-,15-,16-,18-,19-/m0/s1. The number of halogens is 1. The first kappa shape index (κ1) is 15.6. The summed E-state index contributed by atoms with van der Waals surface area (Å²) in [5.74, 6) is 3.74. The van der Waals surface area contributed by atoms with Crippen molar-refractivity contribution in [3.63, 3.8) is 0 Å². The summed E-state index contributed by atoms with van der Waals surface area (Å²) in [6.45, 7) is 4.85. The van der Waals surface area contributed by atoms with E-state index in [9.17, 15) is 4.79 Å². The lowest BCUT2D eigenvalue weighted by Gasteiger charge is -2.60. The molecule has 7 atom stereocenters. The van der Waals surface area contributed by atoms with Crippen LogP contribution in [-0.2, 0) is 8.62 Å². The number of rotatable bonds is 1. The van der Waals surface area contributed by atoms with Gasteiger partial charge in [-0.1, -0.05) is 13.8 Å². The molecule has 0 spiro atoms. The Kier molecular flexibility index (Phi) is 3.77. The Morgan fingerprint density at radius 2 is 1.86 bits per heavy atom. The second kappa shape index (κ2) is 5.31. The summed E-state index contributed by atoms with van der Waals surface area (Å²) in [4.78, 5) is 12.4. The van der Waals surface area contributed by atoms with E-state index in [-0.39, 0.29) is 5.41 Å². The van der Waals surface area contributed by atoms with Crippen molar-refractivity contribution in [2.45, 2.75) is 77.7 Å². The van der Waals surface area contributed by atoms with E-state index in [1.165, 1.54) is 44.9 Å². The minimum absolute atomic E-state index is 0.0283. The van der Waals surface area contributed by atoms with E-state index in [2.05, 4.69) is 30.1 Å². The topological polar surface area (TPSA) is 26.3 Å². The molecule has 0 bridgehead atoms. The Labute approximate surface area is 143 Å². The highest BCUT2D eigenvalue weighted by Gasteiger charge is 2.60. The van der Waals surface area contributed by atoms with Crippen molar-refractivity contribution in [2.75, 3.05) is 0 Å². The molecule has 4 fully saturated rings. The third-order valence-corrected chi connectivity index (χ3v) is 8.98. The second-order valence-electron chi connectivity index (χ2n) is 9.06. The molecule has 22 heavy (non-hydrogen) atoms. The normalized spacial score (nSPS) is 54.5. The predicted octanol–water partition coefficient (Wildman–Crippen LogP) is 5.29. The molecular formula is C19H29BrO2. The van der Waals surface area contributed by atoms with Crippen molar-refractivity contribution < 1.29 is 8.62 Å². The molecule has 4 rings (SSSR count). The number of Topliss-reactive ketones (excluding diaryl/α,β-unsaturated/α-hetero) is 1. The minimum Gasteiger partial charge on any atom is -0.305 e. The molecule has 3 heteroatoms. The van der Waals surface area contributed by atoms with Crippen molar-refractivity contribution in [1.82, 2.24) is 0 Å². The number of hydrogen-bond donors (Lipinski definition) is 0. The summed E-state index contributed by atoms with van der Waals surface area (Å²) >= 11 is 3.23. The molecule has 4 aliphatic carbocycles. The lowest BCUT2D eigenvalue weighted by atomic mass is 9.45. The van der Waals surface area contributed by atoms with Crippen molar-refractivity contribution in [1.29, 1.82) is 0 Å². The Bertz CT molecular complexity index is 478. The van der Waals surface area contributed by atoms with Crippen LogP contribution in [0, 0.1) is 34.5 Å². The molecule has 2 nitrogen and oxygen atoms in total. The zero-order valence-electron chi connectivity index (χ0n) is 13.9. The van der Waals surface area contributed by atoms with Crippen molar-refractivity contribution in [3.8, 4) is 0 Å². The van der Waals surface area contributed by atoms with Crippen LogP contribution in [0.3, 0.4) is 0 Å². The summed E-state index contributed by atoms with van der Waals surface area (Å²) in [5.41, 5.74) is 0.526. The summed E-state index contributed by atoms with van der Waals surface area (Å²) in [6.07, 6.45) is 11.3. The quantitative estimate of drug-likeness (QED) is 0.628. The molecule has 0 aromatic rings. The van der Waals surface area contributed by atoms with Gasteiger partial charge < -0.3 is 3.83 Å². The lowest BCUT2D eigenvalue weighted by molar-refractivity contribution is -0.141. The Balaban J connectivity index is 1.60. The van der Waals surface area contributed by atoms with Crippen molar-refractivity contribution >= 4 is 22.0 Å². The van der Waals surface area contributed by atoms with Crippen LogP contribution in [0.4, 0.5) is 0 Å². The van der Waals surface area contributed by atoms with Crippen LogP contribution in [0.15, 0.2) is 0 Å². The molecule has 124 valence electrons. The maximum absolute atomic E-state index is 12.4. The van der Waals surface area contributed by atoms with E-state index >= 15 is 0 Å². The van der Waals surface area contributed by atoms with Crippen LogP contribution in [0.5, 0.6) is 0 Å². The van der Waals surface area contributed by atoms with Crippen LogP contribution in [0.1, 0.15) is 71.6 Å². The number of ketones is 1.